The third kappa shape index (κ3) is 12.2. The van der Waals surface area contributed by atoms with E-state index in [0.29, 0.717) is 4.32 Å². The summed E-state index contributed by atoms with van der Waals surface area (Å²) in [5.74, 6) is 0. The zero-order valence-electron chi connectivity index (χ0n) is 9.22. The molecule has 0 bridgehead atoms. The number of hydrogen-bond acceptors (Lipinski definition) is 1. The highest BCUT2D eigenvalue weighted by molar-refractivity contribution is 8.11. The van der Waals surface area contributed by atoms with E-state index >= 15 is 0 Å². The van der Waals surface area contributed by atoms with Crippen LogP contribution in [0.5, 0.6) is 0 Å². The zero-order valence-corrected chi connectivity index (χ0v) is 10.9. The Morgan fingerprint density at radius 1 is 1.00 bits per heavy atom. The molecule has 0 saturated heterocycles. The molecule has 0 spiro atoms. The Bertz CT molecular complexity index is 137. The van der Waals surface area contributed by atoms with Gasteiger partial charge in [-0.05, 0) is 6.42 Å². The lowest BCUT2D eigenvalue weighted by molar-refractivity contribution is 0.573. The molecule has 0 aliphatic heterocycles. The molecule has 0 aromatic rings. The second-order valence-electron chi connectivity index (χ2n) is 3.71. The predicted octanol–water partition coefficient (Wildman–Crippen LogP) is 3.93. The number of thiocarbonyl (C=S) groups is 1. The van der Waals surface area contributed by atoms with Gasteiger partial charge in [0.25, 0.3) is 0 Å². The second kappa shape index (κ2) is 11.3. The summed E-state index contributed by atoms with van der Waals surface area (Å²) in [6.07, 6.45) is 10.8. The number of hydrogen-bond donors (Lipinski definition) is 2. The fourth-order valence-corrected chi connectivity index (χ4v) is 1.67. The molecular formula is C11H23NS2. The fourth-order valence-electron chi connectivity index (χ4n) is 1.45. The van der Waals surface area contributed by atoms with Crippen LogP contribution in [-0.4, -0.2) is 10.9 Å². The van der Waals surface area contributed by atoms with Gasteiger partial charge < -0.3 is 5.32 Å². The van der Waals surface area contributed by atoms with Gasteiger partial charge in [-0.3, -0.25) is 0 Å². The molecule has 0 radical (unpaired) electrons. The summed E-state index contributed by atoms with van der Waals surface area (Å²) in [5, 5.41) is 3.05. The van der Waals surface area contributed by atoms with Crippen molar-refractivity contribution in [1.29, 1.82) is 0 Å². The third-order valence-corrected chi connectivity index (χ3v) is 2.61. The summed E-state index contributed by atoms with van der Waals surface area (Å²) in [5.41, 5.74) is 0. The maximum Gasteiger partial charge on any atom is 0.130 e. The van der Waals surface area contributed by atoms with E-state index < -0.39 is 0 Å². The third-order valence-electron chi connectivity index (χ3n) is 2.31. The minimum Gasteiger partial charge on any atom is -0.371 e. The van der Waals surface area contributed by atoms with Crippen LogP contribution in [0.4, 0.5) is 0 Å². The van der Waals surface area contributed by atoms with E-state index in [2.05, 4.69) is 24.9 Å². The minimum atomic E-state index is 0.618. The number of thiol groups is 1. The Labute approximate surface area is 99.5 Å². The van der Waals surface area contributed by atoms with Crippen molar-refractivity contribution < 1.29 is 0 Å². The van der Waals surface area contributed by atoms with Gasteiger partial charge in [0.05, 0.1) is 0 Å². The summed E-state index contributed by atoms with van der Waals surface area (Å²) in [6, 6.07) is 0. The molecule has 1 N–H and O–H groups in total. The first-order chi connectivity index (χ1) is 6.77. The Morgan fingerprint density at radius 2 is 1.50 bits per heavy atom. The molecule has 84 valence electrons. The van der Waals surface area contributed by atoms with Gasteiger partial charge in [0.2, 0.25) is 0 Å². The van der Waals surface area contributed by atoms with E-state index in [-0.39, 0.29) is 0 Å². The first kappa shape index (κ1) is 14.2. The molecule has 0 aromatic carbocycles. The van der Waals surface area contributed by atoms with Gasteiger partial charge in [0.15, 0.2) is 0 Å². The average molecular weight is 233 g/mol. The van der Waals surface area contributed by atoms with Gasteiger partial charge in [0, 0.05) is 6.54 Å². The van der Waals surface area contributed by atoms with E-state index in [9.17, 15) is 0 Å². The SMILES string of the molecule is CCCCCCCCCCNC(=S)S. The summed E-state index contributed by atoms with van der Waals surface area (Å²) in [4.78, 5) is 0. The van der Waals surface area contributed by atoms with Crippen LogP contribution in [-0.2, 0) is 0 Å². The Hall–Kier alpha value is 0.240. The topological polar surface area (TPSA) is 12.0 Å². The van der Waals surface area contributed by atoms with Crippen molar-refractivity contribution in [1.82, 2.24) is 5.32 Å². The van der Waals surface area contributed by atoms with E-state index in [0.717, 1.165) is 6.54 Å². The smallest absolute Gasteiger partial charge is 0.130 e. The summed E-state index contributed by atoms with van der Waals surface area (Å²) >= 11 is 8.80. The van der Waals surface area contributed by atoms with Gasteiger partial charge in [0.1, 0.15) is 4.32 Å². The van der Waals surface area contributed by atoms with Crippen molar-refractivity contribution in [3.8, 4) is 0 Å². The van der Waals surface area contributed by atoms with Crippen LogP contribution in [0.25, 0.3) is 0 Å². The lowest BCUT2D eigenvalue weighted by Crippen LogP contribution is -2.17. The number of rotatable bonds is 9. The largest absolute Gasteiger partial charge is 0.371 e. The lowest BCUT2D eigenvalue weighted by Gasteiger charge is -2.03. The fraction of sp³-hybridized carbons (Fsp3) is 0.909. The lowest BCUT2D eigenvalue weighted by atomic mass is 10.1. The second-order valence-corrected chi connectivity index (χ2v) is 4.86. The average Bonchev–Trinajstić information content (AvgIpc) is 2.15. The first-order valence-corrected chi connectivity index (χ1v) is 6.59. The van der Waals surface area contributed by atoms with E-state index in [1.807, 2.05) is 0 Å². The molecule has 0 rings (SSSR count). The number of unbranched alkanes of at least 4 members (excludes halogenated alkanes) is 7. The first-order valence-electron chi connectivity index (χ1n) is 5.74. The molecular weight excluding hydrogens is 210 g/mol. The Balaban J connectivity index is 2.88. The monoisotopic (exact) mass is 233 g/mol. The van der Waals surface area contributed by atoms with E-state index in [1.165, 1.54) is 51.4 Å². The Morgan fingerprint density at radius 3 is 2.00 bits per heavy atom. The summed E-state index contributed by atoms with van der Waals surface area (Å²) in [7, 11) is 0. The molecule has 14 heavy (non-hydrogen) atoms. The molecule has 0 amide bonds. The quantitative estimate of drug-likeness (QED) is 0.355. The van der Waals surface area contributed by atoms with Crippen LogP contribution in [0.15, 0.2) is 0 Å². The highest BCUT2D eigenvalue weighted by Crippen LogP contribution is 2.07. The molecule has 0 unspecified atom stereocenters. The van der Waals surface area contributed by atoms with Crippen LogP contribution in [0, 0.1) is 0 Å². The summed E-state index contributed by atoms with van der Waals surface area (Å²) in [6.45, 7) is 3.24. The molecule has 0 aliphatic rings. The van der Waals surface area contributed by atoms with Crippen molar-refractivity contribution in [2.45, 2.75) is 58.3 Å². The van der Waals surface area contributed by atoms with Crippen molar-refractivity contribution in [3.05, 3.63) is 0 Å². The molecule has 1 nitrogen and oxygen atoms in total. The van der Waals surface area contributed by atoms with Crippen molar-refractivity contribution >= 4 is 29.2 Å². The van der Waals surface area contributed by atoms with Crippen LogP contribution >= 0.6 is 24.8 Å². The summed E-state index contributed by atoms with van der Waals surface area (Å²) < 4.78 is 0.618. The van der Waals surface area contributed by atoms with Gasteiger partial charge in [-0.15, -0.1) is 12.6 Å². The standard InChI is InChI=1S/C11H23NS2/c1-2-3-4-5-6-7-8-9-10-12-11(13)14/h2-10H2,1H3,(H2,12,13,14). The molecule has 3 heteroatoms. The van der Waals surface area contributed by atoms with Crippen LogP contribution in [0.1, 0.15) is 58.3 Å². The van der Waals surface area contributed by atoms with Crippen molar-refractivity contribution in [3.63, 3.8) is 0 Å². The minimum absolute atomic E-state index is 0.618. The van der Waals surface area contributed by atoms with E-state index in [4.69, 9.17) is 12.2 Å². The maximum atomic E-state index is 4.80. The van der Waals surface area contributed by atoms with Crippen molar-refractivity contribution in [2.75, 3.05) is 6.54 Å². The Kier molecular flexibility index (Phi) is 11.5. The van der Waals surface area contributed by atoms with E-state index in [1.54, 1.807) is 0 Å². The number of nitrogens with one attached hydrogen (secondary N) is 1. The predicted molar refractivity (Wildman–Crippen MR) is 72.2 cm³/mol. The molecule has 0 aliphatic carbocycles. The molecule has 0 heterocycles. The van der Waals surface area contributed by atoms with Gasteiger partial charge in [-0.1, -0.05) is 64.1 Å². The molecule has 0 atom stereocenters. The van der Waals surface area contributed by atoms with Crippen molar-refractivity contribution in [2.24, 2.45) is 0 Å². The normalized spacial score (nSPS) is 10.1. The van der Waals surface area contributed by atoms with Crippen LogP contribution < -0.4 is 5.32 Å². The molecule has 0 saturated carbocycles. The highest BCUT2D eigenvalue weighted by Gasteiger charge is 1.91. The molecule has 0 aromatic heterocycles. The molecule has 0 fully saturated rings. The van der Waals surface area contributed by atoms with Crippen LogP contribution in [0.3, 0.4) is 0 Å². The van der Waals surface area contributed by atoms with Gasteiger partial charge in [-0.2, -0.15) is 0 Å². The maximum absolute atomic E-state index is 4.80. The highest BCUT2D eigenvalue weighted by atomic mass is 32.1. The zero-order chi connectivity index (χ0) is 10.6. The van der Waals surface area contributed by atoms with Crippen LogP contribution in [0.2, 0.25) is 0 Å². The van der Waals surface area contributed by atoms with Gasteiger partial charge >= 0.3 is 0 Å². The van der Waals surface area contributed by atoms with Gasteiger partial charge in [-0.25, -0.2) is 0 Å².